The van der Waals surface area contributed by atoms with Crippen LogP contribution < -0.4 is 25.4 Å². The Hall–Kier alpha value is -3.55. The fourth-order valence-electron chi connectivity index (χ4n) is 3.72. The van der Waals surface area contributed by atoms with Gasteiger partial charge in [-0.15, -0.1) is 0 Å². The fourth-order valence-corrected chi connectivity index (χ4v) is 3.72. The lowest BCUT2D eigenvalue weighted by Gasteiger charge is -2.24. The Balaban J connectivity index is 1.65. The minimum atomic E-state index is -0.792. The summed E-state index contributed by atoms with van der Waals surface area (Å²) in [6, 6.07) is 11.3. The van der Waals surface area contributed by atoms with Crippen molar-refractivity contribution in [2.24, 2.45) is 5.92 Å². The molecule has 0 spiro atoms. The highest BCUT2D eigenvalue weighted by Crippen LogP contribution is 2.32. The molecule has 0 saturated carbocycles. The molecule has 2 atom stereocenters. The van der Waals surface area contributed by atoms with E-state index >= 15 is 0 Å². The average Bonchev–Trinajstić information content (AvgIpc) is 2.91. The fraction of sp³-hybridized carbons (Fsp3) is 0.375. The summed E-state index contributed by atoms with van der Waals surface area (Å²) < 4.78 is 10.7. The van der Waals surface area contributed by atoms with Crippen molar-refractivity contribution in [1.29, 1.82) is 0 Å². The van der Waals surface area contributed by atoms with Crippen molar-refractivity contribution in [3.63, 3.8) is 0 Å². The van der Waals surface area contributed by atoms with Gasteiger partial charge in [-0.3, -0.25) is 14.4 Å². The lowest BCUT2D eigenvalue weighted by molar-refractivity contribution is -0.122. The highest BCUT2D eigenvalue weighted by Gasteiger charge is 2.28. The van der Waals surface area contributed by atoms with Gasteiger partial charge in [-0.1, -0.05) is 32.0 Å². The van der Waals surface area contributed by atoms with E-state index in [4.69, 9.17) is 9.47 Å². The van der Waals surface area contributed by atoms with Crippen LogP contribution in [0, 0.1) is 5.92 Å². The Bertz CT molecular complexity index is 1000. The van der Waals surface area contributed by atoms with Crippen molar-refractivity contribution < 1.29 is 23.9 Å². The summed E-state index contributed by atoms with van der Waals surface area (Å²) in [6.45, 7) is 4.02. The van der Waals surface area contributed by atoms with Gasteiger partial charge >= 0.3 is 0 Å². The predicted octanol–water partition coefficient (Wildman–Crippen LogP) is 3.05. The smallest absolute Gasteiger partial charge is 0.254 e. The third kappa shape index (κ3) is 5.19. The summed E-state index contributed by atoms with van der Waals surface area (Å²) in [5, 5.41) is 8.51. The van der Waals surface area contributed by atoms with E-state index < -0.39 is 6.04 Å². The molecule has 1 aliphatic rings. The van der Waals surface area contributed by atoms with Gasteiger partial charge in [-0.2, -0.15) is 0 Å². The lowest BCUT2D eigenvalue weighted by Crippen LogP contribution is -2.42. The number of amides is 3. The van der Waals surface area contributed by atoms with Gasteiger partial charge in [-0.25, -0.2) is 0 Å². The number of benzene rings is 2. The molecule has 170 valence electrons. The third-order valence-electron chi connectivity index (χ3n) is 5.46. The Labute approximate surface area is 187 Å². The van der Waals surface area contributed by atoms with Gasteiger partial charge < -0.3 is 25.4 Å². The number of carbonyl (C=O) groups excluding carboxylic acids is 3. The molecule has 8 nitrogen and oxygen atoms in total. The molecule has 32 heavy (non-hydrogen) atoms. The number of ether oxygens (including phenoxy) is 2. The van der Waals surface area contributed by atoms with Crippen molar-refractivity contribution in [2.75, 3.05) is 19.5 Å². The number of hydrogen-bond acceptors (Lipinski definition) is 5. The van der Waals surface area contributed by atoms with E-state index in [9.17, 15) is 14.4 Å². The third-order valence-corrected chi connectivity index (χ3v) is 5.46. The quantitative estimate of drug-likeness (QED) is 0.586. The standard InChI is InChI=1S/C24H29N3O5/c1-14(2)22(15-9-11-19(31-3)20(13-15)32-4)27-21(28)12-10-18-24(30)25-17-8-6-5-7-16(17)23(29)26-18/h5-9,11,13-14,18,22H,10,12H2,1-4H3,(H,25,30)(H,26,29)(H,27,28). The molecule has 3 amide bonds. The van der Waals surface area contributed by atoms with Crippen LogP contribution in [0.1, 0.15) is 48.7 Å². The molecule has 1 heterocycles. The number of hydrogen-bond donors (Lipinski definition) is 3. The van der Waals surface area contributed by atoms with Gasteiger partial charge in [0.2, 0.25) is 11.8 Å². The van der Waals surface area contributed by atoms with Crippen LogP contribution in [0.25, 0.3) is 0 Å². The van der Waals surface area contributed by atoms with Gasteiger partial charge in [0.1, 0.15) is 6.04 Å². The minimum Gasteiger partial charge on any atom is -0.493 e. The largest absolute Gasteiger partial charge is 0.493 e. The van der Waals surface area contributed by atoms with Crippen molar-refractivity contribution in [2.45, 2.75) is 38.8 Å². The van der Waals surface area contributed by atoms with E-state index in [1.165, 1.54) is 0 Å². The van der Waals surface area contributed by atoms with Gasteiger partial charge in [0.25, 0.3) is 5.91 Å². The first-order valence-corrected chi connectivity index (χ1v) is 10.6. The van der Waals surface area contributed by atoms with Crippen LogP contribution >= 0.6 is 0 Å². The maximum Gasteiger partial charge on any atom is 0.254 e. The molecule has 8 heteroatoms. The van der Waals surface area contributed by atoms with Crippen LogP contribution in [0.15, 0.2) is 42.5 Å². The number of para-hydroxylation sites is 1. The van der Waals surface area contributed by atoms with E-state index in [1.54, 1.807) is 44.6 Å². The molecule has 0 fully saturated rings. The van der Waals surface area contributed by atoms with Gasteiger partial charge in [0.05, 0.1) is 31.5 Å². The molecular formula is C24H29N3O5. The van der Waals surface area contributed by atoms with E-state index in [1.807, 2.05) is 26.0 Å². The topological polar surface area (TPSA) is 106 Å². The molecule has 1 aliphatic heterocycles. The van der Waals surface area contributed by atoms with E-state index in [-0.39, 0.29) is 42.5 Å². The van der Waals surface area contributed by atoms with Gasteiger partial charge in [0.15, 0.2) is 11.5 Å². The van der Waals surface area contributed by atoms with Gasteiger partial charge in [-0.05, 0) is 42.2 Å². The van der Waals surface area contributed by atoms with E-state index in [0.717, 1.165) is 5.56 Å². The number of carbonyl (C=O) groups is 3. The monoisotopic (exact) mass is 439 g/mol. The van der Waals surface area contributed by atoms with Crippen LogP contribution in [0.3, 0.4) is 0 Å². The zero-order valence-corrected chi connectivity index (χ0v) is 18.7. The van der Waals surface area contributed by atoms with Crippen LogP contribution in [-0.4, -0.2) is 38.0 Å². The lowest BCUT2D eigenvalue weighted by atomic mass is 9.95. The molecule has 2 aromatic carbocycles. The number of anilines is 1. The van der Waals surface area contributed by atoms with Crippen LogP contribution in [0.4, 0.5) is 5.69 Å². The zero-order valence-electron chi connectivity index (χ0n) is 18.7. The van der Waals surface area contributed by atoms with Crippen LogP contribution in [-0.2, 0) is 9.59 Å². The van der Waals surface area contributed by atoms with E-state index in [0.29, 0.717) is 22.7 Å². The number of rotatable bonds is 8. The highest BCUT2D eigenvalue weighted by molar-refractivity contribution is 6.09. The minimum absolute atomic E-state index is 0.0885. The number of methoxy groups -OCH3 is 2. The summed E-state index contributed by atoms with van der Waals surface area (Å²) >= 11 is 0. The normalized spacial score (nSPS) is 16.3. The summed E-state index contributed by atoms with van der Waals surface area (Å²) in [6.07, 6.45) is 0.277. The molecule has 0 radical (unpaired) electrons. The summed E-state index contributed by atoms with van der Waals surface area (Å²) in [5.41, 5.74) is 1.76. The molecular weight excluding hydrogens is 410 g/mol. The maximum atomic E-state index is 12.7. The second-order valence-electron chi connectivity index (χ2n) is 8.00. The first-order chi connectivity index (χ1) is 15.3. The van der Waals surface area contributed by atoms with Gasteiger partial charge in [0, 0.05) is 6.42 Å². The van der Waals surface area contributed by atoms with Crippen LogP contribution in [0.5, 0.6) is 11.5 Å². The summed E-state index contributed by atoms with van der Waals surface area (Å²) in [7, 11) is 3.13. The van der Waals surface area contributed by atoms with Crippen molar-refractivity contribution >= 4 is 23.4 Å². The molecule has 2 aromatic rings. The molecule has 3 N–H and O–H groups in total. The SMILES string of the molecule is COc1ccc(C(NC(=O)CCC2NC(=O)c3ccccc3NC2=O)C(C)C)cc1OC. The molecule has 0 aromatic heterocycles. The second-order valence-corrected chi connectivity index (χ2v) is 8.00. The zero-order chi connectivity index (χ0) is 23.3. The molecule has 0 saturated heterocycles. The van der Waals surface area contributed by atoms with Crippen LogP contribution in [0.2, 0.25) is 0 Å². The van der Waals surface area contributed by atoms with Crippen molar-refractivity contribution in [3.8, 4) is 11.5 Å². The second kappa shape index (κ2) is 10.2. The number of nitrogens with one attached hydrogen (secondary N) is 3. The van der Waals surface area contributed by atoms with Crippen molar-refractivity contribution in [3.05, 3.63) is 53.6 Å². The number of fused-ring (bicyclic) bond motifs is 1. The molecule has 0 bridgehead atoms. The highest BCUT2D eigenvalue weighted by atomic mass is 16.5. The Morgan fingerprint density at radius 1 is 1.06 bits per heavy atom. The summed E-state index contributed by atoms with van der Waals surface area (Å²) in [5.74, 6) is 0.435. The Kier molecular flexibility index (Phi) is 7.35. The first-order valence-electron chi connectivity index (χ1n) is 10.6. The maximum absolute atomic E-state index is 12.7. The Morgan fingerprint density at radius 3 is 2.47 bits per heavy atom. The Morgan fingerprint density at radius 2 is 1.78 bits per heavy atom. The first kappa shape index (κ1) is 23.1. The molecule has 0 aliphatic carbocycles. The molecule has 2 unspecified atom stereocenters. The molecule has 3 rings (SSSR count). The van der Waals surface area contributed by atoms with Crippen molar-refractivity contribution in [1.82, 2.24) is 10.6 Å². The van der Waals surface area contributed by atoms with E-state index in [2.05, 4.69) is 16.0 Å². The average molecular weight is 440 g/mol. The summed E-state index contributed by atoms with van der Waals surface area (Å²) in [4.78, 5) is 37.7. The predicted molar refractivity (Wildman–Crippen MR) is 121 cm³/mol.